The van der Waals surface area contributed by atoms with Crippen molar-refractivity contribution in [3.05, 3.63) is 129 Å². The van der Waals surface area contributed by atoms with E-state index in [1.54, 1.807) is 98.7 Å². The number of hydrogen-bond acceptors (Lipinski definition) is 24. The first kappa shape index (κ1) is 75.7. The molecule has 7 amide bonds. The van der Waals surface area contributed by atoms with Gasteiger partial charge < -0.3 is 52.8 Å². The van der Waals surface area contributed by atoms with Crippen molar-refractivity contribution in [1.82, 2.24) is 29.7 Å². The summed E-state index contributed by atoms with van der Waals surface area (Å²) in [6.45, 7) is 27.5. The van der Waals surface area contributed by atoms with E-state index in [9.17, 15) is 44.2 Å². The van der Waals surface area contributed by atoms with Gasteiger partial charge in [0.2, 0.25) is 0 Å². The Balaban J connectivity index is 0.000000281. The fourth-order valence-electron chi connectivity index (χ4n) is 10.4. The summed E-state index contributed by atoms with van der Waals surface area (Å²) in [6, 6.07) is 20.1. The Bertz CT molecular complexity index is 3830. The average molecular weight is 1370 g/mol. The van der Waals surface area contributed by atoms with Crippen molar-refractivity contribution in [2.24, 2.45) is 0 Å². The van der Waals surface area contributed by atoms with Crippen molar-refractivity contribution >= 4 is 87.6 Å². The summed E-state index contributed by atoms with van der Waals surface area (Å²) in [6.07, 6.45) is -0.384. The van der Waals surface area contributed by atoms with Gasteiger partial charge in [-0.2, -0.15) is 9.80 Å². The van der Waals surface area contributed by atoms with Crippen LogP contribution in [0, 0.1) is 20.2 Å². The van der Waals surface area contributed by atoms with Crippen molar-refractivity contribution in [2.75, 3.05) is 142 Å². The lowest BCUT2D eigenvalue weighted by Gasteiger charge is -2.35. The van der Waals surface area contributed by atoms with Crippen LogP contribution in [0.1, 0.15) is 87.4 Å². The second-order valence-electron chi connectivity index (χ2n) is 25.9. The molecule has 0 radical (unpaired) electrons. The maximum atomic E-state index is 14.2. The number of piperazine rings is 2. The Morgan fingerprint density at radius 3 is 1.24 bits per heavy atom. The molecule has 2 fully saturated rings. The minimum Gasteiger partial charge on any atom is -0.497 e. The highest BCUT2D eigenvalue weighted by atomic mass is 16.6. The first-order valence-electron chi connectivity index (χ1n) is 31.9. The molecular formula is C68H89N15O16. The predicted octanol–water partition coefficient (Wildman–Crippen LogP) is 11.7. The maximum absolute atomic E-state index is 14.2. The number of rotatable bonds is 18. The summed E-state index contributed by atoms with van der Waals surface area (Å²) in [5.41, 5.74) is -0.762. The predicted molar refractivity (Wildman–Crippen MR) is 374 cm³/mol. The normalized spacial score (nSPS) is 13.5. The van der Waals surface area contributed by atoms with Crippen LogP contribution >= 0.6 is 0 Å². The van der Waals surface area contributed by atoms with Gasteiger partial charge in [-0.15, -0.1) is 0 Å². The van der Waals surface area contributed by atoms with E-state index in [1.165, 1.54) is 96.2 Å². The fourth-order valence-corrected chi connectivity index (χ4v) is 10.4. The van der Waals surface area contributed by atoms with Crippen LogP contribution in [-0.4, -0.2) is 195 Å². The van der Waals surface area contributed by atoms with Gasteiger partial charge in [0.15, 0.2) is 0 Å². The zero-order valence-electron chi connectivity index (χ0n) is 59.3. The van der Waals surface area contributed by atoms with Crippen molar-refractivity contribution in [2.45, 2.75) is 99.4 Å². The van der Waals surface area contributed by atoms with E-state index >= 15 is 0 Å². The molecule has 0 atom stereocenters. The molecule has 2 aliphatic heterocycles. The van der Waals surface area contributed by atoms with Crippen molar-refractivity contribution < 1.29 is 67.0 Å². The van der Waals surface area contributed by atoms with Crippen LogP contribution < -0.4 is 53.2 Å². The third-order valence-electron chi connectivity index (χ3n) is 15.5. The molecule has 0 bridgehead atoms. The molecule has 2 aromatic heterocycles. The van der Waals surface area contributed by atoms with E-state index in [1.807, 2.05) is 6.07 Å². The van der Waals surface area contributed by atoms with Gasteiger partial charge in [0.1, 0.15) is 75.6 Å². The molecule has 6 aromatic rings. The number of benzene rings is 4. The van der Waals surface area contributed by atoms with E-state index < -0.39 is 52.1 Å². The fraction of sp³-hybridized carbons (Fsp3) is 0.456. The van der Waals surface area contributed by atoms with Crippen molar-refractivity contribution in [1.29, 1.82) is 0 Å². The summed E-state index contributed by atoms with van der Waals surface area (Å²) in [7, 11) is 8.58. The van der Waals surface area contributed by atoms with Gasteiger partial charge in [-0.1, -0.05) is 13.8 Å². The molecule has 31 nitrogen and oxygen atoms in total. The molecule has 99 heavy (non-hydrogen) atoms. The van der Waals surface area contributed by atoms with E-state index in [2.05, 4.69) is 53.4 Å². The van der Waals surface area contributed by atoms with Gasteiger partial charge >= 0.3 is 30.3 Å². The smallest absolute Gasteiger partial charge is 0.423 e. The first-order valence-corrected chi connectivity index (χ1v) is 31.9. The standard InChI is InChI=1S/C36H48N8O9.C32H41N7O7/c1-11-40-14-16-41(17-15-40)24-12-13-28(29(20-24)44(48)49)43(34(47)53-36(5,6)7)31-22-30(37-23-38-31)39(8)32(45)42(33(46)52-35(2,3)4)25-18-26(50-9)21-27(19-25)51-10;1-8-36-11-13-37(14-12-36)24-10-9-22(28(19-24)39(42)43)15-23-16-29(34-21-33-23)35(5)30(40)38(31(41)46-32(2,3)4)25-17-26(44-6)20-27(18-25)45-7/h12-13,18-23H,11,14-17H2,1-10H3;9-10,16-21H,8,11-15H2,1-7H3. The Hall–Kier alpha value is -10.7. The molecule has 0 N–H and O–H groups in total. The number of carbonyl (C=O) groups is 5. The molecule has 0 spiro atoms. The molecule has 0 unspecified atom stereocenters. The van der Waals surface area contributed by atoms with Crippen molar-refractivity contribution in [3.63, 3.8) is 0 Å². The van der Waals surface area contributed by atoms with Gasteiger partial charge in [-0.3, -0.25) is 30.0 Å². The number of aromatic nitrogens is 4. The Labute approximate surface area is 575 Å². The average Bonchev–Trinajstić information content (AvgIpc) is 0.792. The second-order valence-corrected chi connectivity index (χ2v) is 25.9. The van der Waals surface area contributed by atoms with Gasteiger partial charge in [-0.25, -0.2) is 48.8 Å². The molecule has 4 heterocycles. The third kappa shape index (κ3) is 20.0. The quantitative estimate of drug-likeness (QED) is 0.0438. The number of ether oxygens (including phenoxy) is 7. The highest BCUT2D eigenvalue weighted by Crippen LogP contribution is 2.40. The summed E-state index contributed by atoms with van der Waals surface area (Å²) in [5.74, 6) is 1.30. The largest absolute Gasteiger partial charge is 0.497 e. The summed E-state index contributed by atoms with van der Waals surface area (Å²) in [5, 5.41) is 24.7. The lowest BCUT2D eigenvalue weighted by molar-refractivity contribution is -0.385. The Kier molecular flexibility index (Phi) is 24.9. The monoisotopic (exact) mass is 1370 g/mol. The molecule has 532 valence electrons. The number of nitro benzene ring substituents is 2. The third-order valence-corrected chi connectivity index (χ3v) is 15.5. The molecule has 0 aliphatic carbocycles. The number of imide groups is 2. The Morgan fingerprint density at radius 1 is 0.475 bits per heavy atom. The van der Waals surface area contributed by atoms with E-state index in [-0.39, 0.29) is 57.2 Å². The number of nitrogens with zero attached hydrogens (tertiary/aromatic N) is 15. The first-order chi connectivity index (χ1) is 46.7. The topological polar surface area (TPSA) is 317 Å². The molecular weight excluding hydrogens is 1280 g/mol. The second kappa shape index (κ2) is 32.6. The molecule has 0 saturated carbocycles. The highest BCUT2D eigenvalue weighted by molar-refractivity contribution is 6.18. The van der Waals surface area contributed by atoms with Gasteiger partial charge in [0.25, 0.3) is 11.4 Å². The van der Waals surface area contributed by atoms with Crippen LogP contribution in [0.5, 0.6) is 23.0 Å². The lowest BCUT2D eigenvalue weighted by atomic mass is 10.1. The van der Waals surface area contributed by atoms with Gasteiger partial charge in [0.05, 0.1) is 55.4 Å². The number of nitro groups is 2. The van der Waals surface area contributed by atoms with E-state index in [0.29, 0.717) is 53.0 Å². The SMILES string of the molecule is CCN1CCN(c2ccc(Cc3cc(N(C)C(=O)N(C(=O)OC(C)(C)C)c4cc(OC)cc(OC)c4)ncn3)c([N+](=O)[O-])c2)CC1.CCN1CCN(c2ccc(N(C(=O)OC(C)(C)C)c3cc(N(C)C(=O)N(C(=O)OC(C)(C)C)c4cc(OC)cc(OC)c4)ncn3)c([N+](=O)[O-])c2)CC1. The van der Waals surface area contributed by atoms with Crippen LogP contribution in [0.4, 0.5) is 81.2 Å². The number of anilines is 8. The van der Waals surface area contributed by atoms with Gasteiger partial charge in [0, 0.05) is 150 Å². The summed E-state index contributed by atoms with van der Waals surface area (Å²) >= 11 is 0. The van der Waals surface area contributed by atoms with E-state index in [0.717, 1.165) is 84.0 Å². The zero-order chi connectivity index (χ0) is 72.8. The Morgan fingerprint density at radius 2 is 0.848 bits per heavy atom. The van der Waals surface area contributed by atoms with Crippen LogP contribution in [0.2, 0.25) is 0 Å². The summed E-state index contributed by atoms with van der Waals surface area (Å²) in [4.78, 5) is 123. The lowest BCUT2D eigenvalue weighted by Crippen LogP contribution is -2.47. The minimum atomic E-state index is -0.999. The number of methoxy groups -OCH3 is 4. The summed E-state index contributed by atoms with van der Waals surface area (Å²) < 4.78 is 38.3. The van der Waals surface area contributed by atoms with Crippen LogP contribution in [-0.2, 0) is 20.6 Å². The number of carbonyl (C=O) groups excluding carboxylic acids is 5. The van der Waals surface area contributed by atoms with E-state index in [4.69, 9.17) is 33.2 Å². The van der Waals surface area contributed by atoms with Crippen molar-refractivity contribution in [3.8, 4) is 23.0 Å². The molecule has 4 aromatic carbocycles. The van der Waals surface area contributed by atoms with Gasteiger partial charge in [-0.05, 0) is 99.7 Å². The molecule has 2 aliphatic rings. The minimum absolute atomic E-state index is 0.0110. The number of hydrogen-bond donors (Lipinski definition) is 0. The van der Waals surface area contributed by atoms with Crippen LogP contribution in [0.15, 0.2) is 97.6 Å². The molecule has 31 heteroatoms. The van der Waals surface area contributed by atoms with Crippen LogP contribution in [0.25, 0.3) is 0 Å². The highest BCUT2D eigenvalue weighted by Gasteiger charge is 2.37. The number of amides is 7. The molecule has 8 rings (SSSR count). The zero-order valence-corrected chi connectivity index (χ0v) is 59.3. The molecule has 2 saturated heterocycles. The maximum Gasteiger partial charge on any atom is 0.423 e. The number of likely N-dealkylation sites (N-methyl/N-ethyl adjacent to an activating group) is 2. The van der Waals surface area contributed by atoms with Crippen LogP contribution in [0.3, 0.4) is 0 Å². The number of urea groups is 2.